The molecule has 0 aliphatic rings. The van der Waals surface area contributed by atoms with E-state index in [1.807, 2.05) is 18.2 Å². The molecule has 0 amide bonds. The molecule has 0 radical (unpaired) electrons. The van der Waals surface area contributed by atoms with Gasteiger partial charge in [-0.25, -0.2) is 0 Å². The molecule has 0 aliphatic heterocycles. The largest absolute Gasteiger partial charge is 0.506 e. The van der Waals surface area contributed by atoms with Crippen molar-refractivity contribution < 1.29 is 5.11 Å². The Morgan fingerprint density at radius 3 is 2.28 bits per heavy atom. The third-order valence-electron chi connectivity index (χ3n) is 2.58. The number of hydrogen-bond acceptors (Lipinski definition) is 2. The van der Waals surface area contributed by atoms with Crippen LogP contribution in [0.15, 0.2) is 46.9 Å². The minimum absolute atomic E-state index is 0.119. The molecule has 0 spiro atoms. The molecule has 0 unspecified atom stereocenters. The molecule has 0 saturated carbocycles. The maximum absolute atomic E-state index is 9.32. The van der Waals surface area contributed by atoms with E-state index in [0.29, 0.717) is 5.02 Å². The van der Waals surface area contributed by atoms with Gasteiger partial charge in [0.05, 0.1) is 5.02 Å². The van der Waals surface area contributed by atoms with Crippen LogP contribution in [0.2, 0.25) is 5.02 Å². The van der Waals surface area contributed by atoms with Crippen molar-refractivity contribution >= 4 is 27.5 Å². The lowest BCUT2D eigenvalue weighted by molar-refractivity contribution is 0.475. The van der Waals surface area contributed by atoms with E-state index in [1.165, 1.54) is 5.56 Å². The van der Waals surface area contributed by atoms with Crippen molar-refractivity contribution in [2.24, 2.45) is 0 Å². The van der Waals surface area contributed by atoms with Crippen molar-refractivity contribution in [2.45, 2.75) is 13.1 Å². The summed E-state index contributed by atoms with van der Waals surface area (Å²) in [5.74, 6) is 0.119. The van der Waals surface area contributed by atoms with Crippen LogP contribution in [0.25, 0.3) is 0 Å². The highest BCUT2D eigenvalue weighted by atomic mass is 79.9. The molecule has 94 valence electrons. The summed E-state index contributed by atoms with van der Waals surface area (Å²) in [4.78, 5) is 0. The van der Waals surface area contributed by atoms with Crippen LogP contribution in [0.5, 0.6) is 5.75 Å². The Bertz CT molecular complexity index is 528. The van der Waals surface area contributed by atoms with Crippen LogP contribution in [0.4, 0.5) is 0 Å². The van der Waals surface area contributed by atoms with E-state index in [2.05, 4.69) is 33.4 Å². The Balaban J connectivity index is 1.88. The second-order valence-corrected chi connectivity index (χ2v) is 5.34. The lowest BCUT2D eigenvalue weighted by Gasteiger charge is -2.06. The van der Waals surface area contributed by atoms with Crippen molar-refractivity contribution in [2.75, 3.05) is 0 Å². The number of aromatic hydroxyl groups is 1. The van der Waals surface area contributed by atoms with Gasteiger partial charge in [0.2, 0.25) is 0 Å². The minimum Gasteiger partial charge on any atom is -0.506 e. The molecule has 2 nitrogen and oxygen atoms in total. The standard InChI is InChI=1S/C14H13BrClNO/c15-12-4-1-10(2-5-12)8-17-9-11-3-6-14(18)13(16)7-11/h1-7,17-18H,8-9H2. The van der Waals surface area contributed by atoms with Crippen molar-refractivity contribution in [1.82, 2.24) is 5.32 Å². The van der Waals surface area contributed by atoms with Gasteiger partial charge in [-0.1, -0.05) is 45.7 Å². The first-order chi connectivity index (χ1) is 8.65. The lowest BCUT2D eigenvalue weighted by Crippen LogP contribution is -2.12. The smallest absolute Gasteiger partial charge is 0.134 e. The highest BCUT2D eigenvalue weighted by Gasteiger charge is 2.00. The van der Waals surface area contributed by atoms with Gasteiger partial charge in [0.25, 0.3) is 0 Å². The molecule has 0 fully saturated rings. The second kappa shape index (κ2) is 6.23. The zero-order valence-corrected chi connectivity index (χ0v) is 12.0. The fourth-order valence-electron chi connectivity index (χ4n) is 1.61. The Labute approximate surface area is 120 Å². The summed E-state index contributed by atoms with van der Waals surface area (Å²) in [6, 6.07) is 13.4. The van der Waals surface area contributed by atoms with Crippen molar-refractivity contribution in [3.8, 4) is 5.75 Å². The highest BCUT2D eigenvalue weighted by Crippen LogP contribution is 2.23. The van der Waals surface area contributed by atoms with Crippen LogP contribution in [-0.4, -0.2) is 5.11 Å². The monoisotopic (exact) mass is 325 g/mol. The first-order valence-electron chi connectivity index (χ1n) is 5.58. The molecule has 0 bridgehead atoms. The average molecular weight is 327 g/mol. The van der Waals surface area contributed by atoms with E-state index in [0.717, 1.165) is 23.1 Å². The first-order valence-corrected chi connectivity index (χ1v) is 6.75. The summed E-state index contributed by atoms with van der Waals surface area (Å²) in [5.41, 5.74) is 2.28. The van der Waals surface area contributed by atoms with Gasteiger partial charge in [0.1, 0.15) is 5.75 Å². The fraction of sp³-hybridized carbons (Fsp3) is 0.143. The molecule has 0 atom stereocenters. The zero-order valence-electron chi connectivity index (χ0n) is 9.66. The summed E-state index contributed by atoms with van der Waals surface area (Å²) in [7, 11) is 0. The third-order valence-corrected chi connectivity index (χ3v) is 3.41. The summed E-state index contributed by atoms with van der Waals surface area (Å²) in [6.07, 6.45) is 0. The number of phenols is 1. The number of rotatable bonds is 4. The maximum atomic E-state index is 9.32. The number of nitrogens with one attached hydrogen (secondary N) is 1. The number of benzene rings is 2. The fourth-order valence-corrected chi connectivity index (χ4v) is 2.08. The van der Waals surface area contributed by atoms with Crippen molar-refractivity contribution in [1.29, 1.82) is 0 Å². The van der Waals surface area contributed by atoms with Crippen LogP contribution < -0.4 is 5.32 Å². The van der Waals surface area contributed by atoms with Crippen LogP contribution >= 0.6 is 27.5 Å². The molecule has 2 aromatic rings. The van der Waals surface area contributed by atoms with E-state index < -0.39 is 0 Å². The molecule has 2 rings (SSSR count). The highest BCUT2D eigenvalue weighted by molar-refractivity contribution is 9.10. The summed E-state index contributed by atoms with van der Waals surface area (Å²) < 4.78 is 1.08. The number of halogens is 2. The van der Waals surface area contributed by atoms with Gasteiger partial charge in [-0.2, -0.15) is 0 Å². The molecular weight excluding hydrogens is 314 g/mol. The van der Waals surface area contributed by atoms with E-state index in [1.54, 1.807) is 12.1 Å². The predicted octanol–water partition coefficient (Wildman–Crippen LogP) is 4.10. The summed E-state index contributed by atoms with van der Waals surface area (Å²) in [5, 5.41) is 13.0. The van der Waals surface area contributed by atoms with Crippen molar-refractivity contribution in [3.63, 3.8) is 0 Å². The Kier molecular flexibility index (Phi) is 4.64. The topological polar surface area (TPSA) is 32.3 Å². The maximum Gasteiger partial charge on any atom is 0.134 e. The van der Waals surface area contributed by atoms with E-state index in [4.69, 9.17) is 11.6 Å². The first kappa shape index (κ1) is 13.4. The lowest BCUT2D eigenvalue weighted by atomic mass is 10.2. The molecular formula is C14H13BrClNO. The number of hydrogen-bond donors (Lipinski definition) is 2. The molecule has 18 heavy (non-hydrogen) atoms. The quantitative estimate of drug-likeness (QED) is 0.886. The molecule has 2 N–H and O–H groups in total. The van der Waals surface area contributed by atoms with Crippen LogP contribution in [0.3, 0.4) is 0 Å². The normalized spacial score (nSPS) is 10.6. The third kappa shape index (κ3) is 3.73. The van der Waals surface area contributed by atoms with Crippen molar-refractivity contribution in [3.05, 3.63) is 63.1 Å². The van der Waals surface area contributed by atoms with Crippen LogP contribution in [-0.2, 0) is 13.1 Å². The molecule has 0 saturated heterocycles. The van der Waals surface area contributed by atoms with Gasteiger partial charge < -0.3 is 10.4 Å². The molecule has 2 aromatic carbocycles. The second-order valence-electron chi connectivity index (χ2n) is 4.02. The Morgan fingerprint density at radius 1 is 1.00 bits per heavy atom. The van der Waals surface area contributed by atoms with E-state index in [-0.39, 0.29) is 5.75 Å². The SMILES string of the molecule is Oc1ccc(CNCc2ccc(Br)cc2)cc1Cl. The Hall–Kier alpha value is -1.03. The molecule has 0 aliphatic carbocycles. The van der Waals surface area contributed by atoms with Gasteiger partial charge in [0.15, 0.2) is 0 Å². The zero-order chi connectivity index (χ0) is 13.0. The minimum atomic E-state index is 0.119. The number of phenolic OH excluding ortho intramolecular Hbond substituents is 1. The van der Waals surface area contributed by atoms with Crippen LogP contribution in [0.1, 0.15) is 11.1 Å². The summed E-state index contributed by atoms with van der Waals surface area (Å²) >= 11 is 9.25. The average Bonchev–Trinajstić information content (AvgIpc) is 2.36. The predicted molar refractivity (Wildman–Crippen MR) is 77.8 cm³/mol. The van der Waals surface area contributed by atoms with E-state index >= 15 is 0 Å². The summed E-state index contributed by atoms with van der Waals surface area (Å²) in [6.45, 7) is 1.52. The van der Waals surface area contributed by atoms with Gasteiger partial charge in [-0.05, 0) is 35.4 Å². The van der Waals surface area contributed by atoms with Gasteiger partial charge >= 0.3 is 0 Å². The Morgan fingerprint density at radius 2 is 1.61 bits per heavy atom. The van der Waals surface area contributed by atoms with Gasteiger partial charge in [-0.15, -0.1) is 0 Å². The molecule has 0 heterocycles. The van der Waals surface area contributed by atoms with Gasteiger partial charge in [-0.3, -0.25) is 0 Å². The van der Waals surface area contributed by atoms with Crippen LogP contribution in [0, 0.1) is 0 Å². The van der Waals surface area contributed by atoms with E-state index in [9.17, 15) is 5.11 Å². The molecule has 4 heteroatoms. The van der Waals surface area contributed by atoms with Gasteiger partial charge in [0, 0.05) is 17.6 Å². The molecule has 0 aromatic heterocycles.